The lowest BCUT2D eigenvalue weighted by atomic mass is 10.2. The molecule has 0 fully saturated rings. The van der Waals surface area contributed by atoms with Gasteiger partial charge in [0.2, 0.25) is 5.91 Å². The minimum atomic E-state index is -0.279. The van der Waals surface area contributed by atoms with Gasteiger partial charge in [0.1, 0.15) is 11.9 Å². The third-order valence-electron chi connectivity index (χ3n) is 2.83. The van der Waals surface area contributed by atoms with Crippen molar-refractivity contribution >= 4 is 12.0 Å². The molecule has 20 heavy (non-hydrogen) atoms. The van der Waals surface area contributed by atoms with E-state index in [1.165, 1.54) is 6.08 Å². The van der Waals surface area contributed by atoms with Crippen molar-refractivity contribution in [2.24, 2.45) is 0 Å². The molecule has 0 unspecified atom stereocenters. The van der Waals surface area contributed by atoms with E-state index in [1.54, 1.807) is 25.5 Å². The molecule has 0 saturated carbocycles. The highest BCUT2D eigenvalue weighted by Gasteiger charge is 2.13. The van der Waals surface area contributed by atoms with Gasteiger partial charge in [0.05, 0.1) is 12.8 Å². The number of nitrogens with one attached hydrogen (secondary N) is 1. The monoisotopic (exact) mass is 271 g/mol. The normalized spacial score (nSPS) is 12.4. The van der Waals surface area contributed by atoms with Gasteiger partial charge < -0.3 is 14.5 Å². The van der Waals surface area contributed by atoms with Crippen molar-refractivity contribution < 1.29 is 13.9 Å². The van der Waals surface area contributed by atoms with Crippen LogP contribution in [0.3, 0.4) is 0 Å². The maximum Gasteiger partial charge on any atom is 0.244 e. The second-order valence-corrected chi connectivity index (χ2v) is 4.23. The first-order valence-corrected chi connectivity index (χ1v) is 6.37. The summed E-state index contributed by atoms with van der Waals surface area (Å²) in [6.07, 6.45) is 4.58. The highest BCUT2D eigenvalue weighted by atomic mass is 16.5. The van der Waals surface area contributed by atoms with Gasteiger partial charge >= 0.3 is 0 Å². The molecule has 1 atom stereocenters. The zero-order valence-electron chi connectivity index (χ0n) is 11.3. The lowest BCUT2D eigenvalue weighted by Gasteiger charge is -2.12. The van der Waals surface area contributed by atoms with E-state index in [0.717, 1.165) is 5.56 Å². The van der Waals surface area contributed by atoms with Gasteiger partial charge in [-0.15, -0.1) is 0 Å². The molecule has 1 heterocycles. The van der Waals surface area contributed by atoms with Gasteiger partial charge in [0, 0.05) is 13.2 Å². The average Bonchev–Trinajstić information content (AvgIpc) is 3.01. The number of methoxy groups -OCH3 is 1. The lowest BCUT2D eigenvalue weighted by molar-refractivity contribution is -0.117. The summed E-state index contributed by atoms with van der Waals surface area (Å²) in [5, 5.41) is 2.78. The lowest BCUT2D eigenvalue weighted by Crippen LogP contribution is -2.27. The van der Waals surface area contributed by atoms with E-state index in [1.807, 2.05) is 36.4 Å². The smallest absolute Gasteiger partial charge is 0.244 e. The Labute approximate surface area is 118 Å². The maximum absolute atomic E-state index is 11.7. The van der Waals surface area contributed by atoms with E-state index in [-0.39, 0.29) is 12.0 Å². The molecule has 1 aromatic heterocycles. The van der Waals surface area contributed by atoms with Crippen LogP contribution in [0, 0.1) is 0 Å². The molecule has 2 rings (SSSR count). The van der Waals surface area contributed by atoms with E-state index in [9.17, 15) is 4.79 Å². The van der Waals surface area contributed by atoms with Crippen LogP contribution >= 0.6 is 0 Å². The molecule has 0 aliphatic carbocycles. The van der Waals surface area contributed by atoms with Gasteiger partial charge in [-0.2, -0.15) is 0 Å². The highest BCUT2D eigenvalue weighted by Crippen LogP contribution is 2.15. The molecule has 0 aliphatic heterocycles. The molecule has 4 nitrogen and oxygen atoms in total. The van der Waals surface area contributed by atoms with Crippen molar-refractivity contribution in [2.45, 2.75) is 6.10 Å². The van der Waals surface area contributed by atoms with Crippen molar-refractivity contribution in [3.05, 3.63) is 66.1 Å². The molecule has 1 amide bonds. The maximum atomic E-state index is 11.7. The molecule has 0 bridgehead atoms. The Morgan fingerprint density at radius 2 is 2.10 bits per heavy atom. The third-order valence-corrected chi connectivity index (χ3v) is 2.83. The fourth-order valence-electron chi connectivity index (χ4n) is 1.76. The van der Waals surface area contributed by atoms with Gasteiger partial charge in [-0.25, -0.2) is 0 Å². The van der Waals surface area contributed by atoms with Crippen LogP contribution in [-0.2, 0) is 9.53 Å². The highest BCUT2D eigenvalue weighted by molar-refractivity contribution is 5.91. The Balaban J connectivity index is 1.84. The first-order valence-electron chi connectivity index (χ1n) is 6.37. The molecule has 1 aromatic carbocycles. The molecule has 0 saturated heterocycles. The van der Waals surface area contributed by atoms with Gasteiger partial charge in [-0.05, 0) is 23.8 Å². The van der Waals surface area contributed by atoms with Crippen molar-refractivity contribution in [3.63, 3.8) is 0 Å². The van der Waals surface area contributed by atoms with Gasteiger partial charge in [0.25, 0.3) is 0 Å². The molecule has 1 N–H and O–H groups in total. The molecule has 0 spiro atoms. The van der Waals surface area contributed by atoms with E-state index < -0.39 is 0 Å². The van der Waals surface area contributed by atoms with E-state index in [2.05, 4.69) is 5.32 Å². The molecular weight excluding hydrogens is 254 g/mol. The average molecular weight is 271 g/mol. The zero-order chi connectivity index (χ0) is 14.2. The quantitative estimate of drug-likeness (QED) is 0.822. The van der Waals surface area contributed by atoms with Gasteiger partial charge in [0.15, 0.2) is 0 Å². The fourth-order valence-corrected chi connectivity index (χ4v) is 1.76. The van der Waals surface area contributed by atoms with E-state index in [0.29, 0.717) is 12.3 Å². The van der Waals surface area contributed by atoms with Crippen LogP contribution in [0.15, 0.2) is 59.2 Å². The number of rotatable bonds is 6. The van der Waals surface area contributed by atoms with Crippen molar-refractivity contribution in [1.82, 2.24) is 5.32 Å². The summed E-state index contributed by atoms with van der Waals surface area (Å²) >= 11 is 0. The van der Waals surface area contributed by atoms with Crippen molar-refractivity contribution in [1.29, 1.82) is 0 Å². The van der Waals surface area contributed by atoms with Gasteiger partial charge in [-0.1, -0.05) is 30.3 Å². The number of benzene rings is 1. The van der Waals surface area contributed by atoms with Crippen LogP contribution in [0.5, 0.6) is 0 Å². The third kappa shape index (κ3) is 4.10. The summed E-state index contributed by atoms with van der Waals surface area (Å²) in [7, 11) is 1.58. The Morgan fingerprint density at radius 1 is 1.30 bits per heavy atom. The topological polar surface area (TPSA) is 51.5 Å². The standard InChI is InChI=1S/C16H17NO3/c1-19-15(14-8-5-11-20-14)12-17-16(18)10-9-13-6-3-2-4-7-13/h2-11,15H,12H2,1H3,(H,17,18)/b10-9+/t15-/m0/s1. The molecule has 0 aliphatic rings. The van der Waals surface area contributed by atoms with Crippen LogP contribution < -0.4 is 5.32 Å². The van der Waals surface area contributed by atoms with Gasteiger partial charge in [-0.3, -0.25) is 4.79 Å². The number of carbonyl (C=O) groups excluding carboxylic acids is 1. The van der Waals surface area contributed by atoms with E-state index >= 15 is 0 Å². The molecular formula is C16H17NO3. The Hall–Kier alpha value is -2.33. The molecule has 104 valence electrons. The Bertz CT molecular complexity index is 546. The minimum absolute atomic E-state index is 0.164. The number of amides is 1. The first kappa shape index (κ1) is 14.1. The first-order chi connectivity index (χ1) is 9.79. The summed E-state index contributed by atoms with van der Waals surface area (Å²) in [4.78, 5) is 11.7. The Kier molecular flexibility index (Phi) is 5.15. The van der Waals surface area contributed by atoms with Crippen molar-refractivity contribution in [2.75, 3.05) is 13.7 Å². The van der Waals surface area contributed by atoms with Crippen LogP contribution in [0.2, 0.25) is 0 Å². The predicted octanol–water partition coefficient (Wildman–Crippen LogP) is 2.80. The van der Waals surface area contributed by atoms with Crippen molar-refractivity contribution in [3.8, 4) is 0 Å². The predicted molar refractivity (Wildman–Crippen MR) is 76.9 cm³/mol. The minimum Gasteiger partial charge on any atom is -0.467 e. The molecule has 4 heteroatoms. The summed E-state index contributed by atoms with van der Waals surface area (Å²) in [5.74, 6) is 0.530. The summed E-state index contributed by atoms with van der Waals surface area (Å²) < 4.78 is 10.5. The second-order valence-electron chi connectivity index (χ2n) is 4.23. The summed E-state index contributed by atoms with van der Waals surface area (Å²) in [6, 6.07) is 13.3. The number of hydrogen-bond acceptors (Lipinski definition) is 3. The van der Waals surface area contributed by atoms with Crippen LogP contribution in [-0.4, -0.2) is 19.6 Å². The largest absolute Gasteiger partial charge is 0.467 e. The van der Waals surface area contributed by atoms with E-state index in [4.69, 9.17) is 9.15 Å². The number of hydrogen-bond donors (Lipinski definition) is 1. The Morgan fingerprint density at radius 3 is 2.75 bits per heavy atom. The number of furan rings is 1. The summed E-state index contributed by atoms with van der Waals surface area (Å²) in [6.45, 7) is 0.363. The number of carbonyl (C=O) groups is 1. The molecule has 2 aromatic rings. The number of ether oxygens (including phenoxy) is 1. The molecule has 0 radical (unpaired) electrons. The van der Waals surface area contributed by atoms with Crippen LogP contribution in [0.1, 0.15) is 17.4 Å². The van der Waals surface area contributed by atoms with Crippen LogP contribution in [0.25, 0.3) is 6.08 Å². The fraction of sp³-hybridized carbons (Fsp3) is 0.188. The summed E-state index contributed by atoms with van der Waals surface area (Å²) in [5.41, 5.74) is 0.983. The second kappa shape index (κ2) is 7.31. The SMILES string of the molecule is CO[C@@H](CNC(=O)/C=C/c1ccccc1)c1ccco1. The zero-order valence-corrected chi connectivity index (χ0v) is 11.3. The van der Waals surface area contributed by atoms with Crippen LogP contribution in [0.4, 0.5) is 0 Å².